The fourth-order valence-corrected chi connectivity index (χ4v) is 3.10. The maximum atomic E-state index is 14.1. The normalized spacial score (nSPS) is 11.0. The highest BCUT2D eigenvalue weighted by Gasteiger charge is 2.12. The van der Waals surface area contributed by atoms with Gasteiger partial charge >= 0.3 is 0 Å². The lowest BCUT2D eigenvalue weighted by Gasteiger charge is -2.09. The van der Waals surface area contributed by atoms with Crippen LogP contribution in [0.4, 0.5) is 10.1 Å². The van der Waals surface area contributed by atoms with Gasteiger partial charge in [0.05, 0.1) is 10.9 Å². The zero-order valence-electron chi connectivity index (χ0n) is 16.1. The molecule has 10 heteroatoms. The predicted octanol–water partition coefficient (Wildman–Crippen LogP) is 2.31. The van der Waals surface area contributed by atoms with Crippen molar-refractivity contribution >= 4 is 22.5 Å². The van der Waals surface area contributed by atoms with E-state index in [1.807, 2.05) is 6.07 Å². The largest absolute Gasteiger partial charge is 0.326 e. The Balaban J connectivity index is 1.39. The third-order valence-electron chi connectivity index (χ3n) is 4.56. The maximum Gasteiger partial charge on any atom is 0.258 e. The van der Waals surface area contributed by atoms with Gasteiger partial charge in [-0.3, -0.25) is 9.59 Å². The average molecular weight is 407 g/mol. The molecule has 2 aromatic carbocycles. The second kappa shape index (κ2) is 8.19. The number of amides is 1. The molecule has 0 aliphatic heterocycles. The van der Waals surface area contributed by atoms with E-state index in [4.69, 9.17) is 0 Å². The lowest BCUT2D eigenvalue weighted by Crippen LogP contribution is -2.14. The number of halogens is 1. The molecule has 2 heterocycles. The van der Waals surface area contributed by atoms with Gasteiger partial charge in [0, 0.05) is 18.5 Å². The van der Waals surface area contributed by atoms with Crippen LogP contribution in [-0.2, 0) is 11.2 Å². The van der Waals surface area contributed by atoms with Crippen LogP contribution in [0.1, 0.15) is 24.5 Å². The summed E-state index contributed by atoms with van der Waals surface area (Å²) in [6.45, 7) is 1.65. The highest BCUT2D eigenvalue weighted by Crippen LogP contribution is 2.19. The number of nitrogens with one attached hydrogen (secondary N) is 2. The number of hydrogen-bond acceptors (Lipinski definition) is 6. The van der Waals surface area contributed by atoms with Crippen molar-refractivity contribution in [3.05, 3.63) is 70.3 Å². The zero-order valence-corrected chi connectivity index (χ0v) is 16.1. The fourth-order valence-electron chi connectivity index (χ4n) is 3.10. The van der Waals surface area contributed by atoms with Gasteiger partial charge in [0.1, 0.15) is 17.3 Å². The van der Waals surface area contributed by atoms with Gasteiger partial charge in [0.25, 0.3) is 5.56 Å². The van der Waals surface area contributed by atoms with Crippen molar-refractivity contribution in [2.75, 3.05) is 5.32 Å². The molecular weight excluding hydrogens is 389 g/mol. The summed E-state index contributed by atoms with van der Waals surface area (Å²) in [4.78, 5) is 31.6. The van der Waals surface area contributed by atoms with Crippen molar-refractivity contribution in [3.63, 3.8) is 0 Å². The predicted molar refractivity (Wildman–Crippen MR) is 108 cm³/mol. The molecule has 1 amide bonds. The van der Waals surface area contributed by atoms with Gasteiger partial charge in [-0.05, 0) is 54.1 Å². The molecule has 0 fully saturated rings. The number of aromatic amines is 1. The number of tetrazole rings is 1. The monoisotopic (exact) mass is 407 g/mol. The van der Waals surface area contributed by atoms with E-state index in [1.165, 1.54) is 22.9 Å². The molecule has 2 N–H and O–H groups in total. The van der Waals surface area contributed by atoms with Crippen LogP contribution in [0.5, 0.6) is 0 Å². The van der Waals surface area contributed by atoms with Gasteiger partial charge in [-0.15, -0.1) is 5.10 Å². The average Bonchev–Trinajstić information content (AvgIpc) is 3.15. The summed E-state index contributed by atoms with van der Waals surface area (Å²) < 4.78 is 15.4. The molecule has 0 bridgehead atoms. The number of nitrogens with zero attached hydrogens (tertiary/aromatic N) is 5. The number of anilines is 1. The van der Waals surface area contributed by atoms with Crippen LogP contribution in [0.15, 0.2) is 47.3 Å². The zero-order chi connectivity index (χ0) is 21.1. The number of rotatable bonds is 6. The third-order valence-corrected chi connectivity index (χ3v) is 4.56. The number of fused-ring (bicyclic) bond motifs is 1. The minimum Gasteiger partial charge on any atom is -0.326 e. The lowest BCUT2D eigenvalue weighted by molar-refractivity contribution is -0.116. The molecule has 4 rings (SSSR count). The Morgan fingerprint density at radius 3 is 2.87 bits per heavy atom. The summed E-state index contributed by atoms with van der Waals surface area (Å²) >= 11 is 0. The van der Waals surface area contributed by atoms with Gasteiger partial charge < -0.3 is 10.3 Å². The molecule has 0 saturated carbocycles. The van der Waals surface area contributed by atoms with Crippen LogP contribution in [0.3, 0.4) is 0 Å². The molecule has 0 aliphatic carbocycles. The summed E-state index contributed by atoms with van der Waals surface area (Å²) in [6, 6.07) is 11.3. The summed E-state index contributed by atoms with van der Waals surface area (Å²) in [6.07, 6.45) is 1.16. The highest BCUT2D eigenvalue weighted by atomic mass is 19.1. The number of aromatic nitrogens is 6. The first-order chi connectivity index (χ1) is 14.5. The molecule has 152 valence electrons. The van der Waals surface area contributed by atoms with Crippen molar-refractivity contribution in [2.24, 2.45) is 0 Å². The first-order valence-corrected chi connectivity index (χ1v) is 9.34. The van der Waals surface area contributed by atoms with Crippen molar-refractivity contribution in [1.29, 1.82) is 0 Å². The number of carbonyl (C=O) groups is 1. The van der Waals surface area contributed by atoms with Crippen LogP contribution >= 0.6 is 0 Å². The second-order valence-corrected chi connectivity index (χ2v) is 6.74. The van der Waals surface area contributed by atoms with E-state index in [9.17, 15) is 14.0 Å². The quantitative estimate of drug-likeness (QED) is 0.506. The topological polar surface area (TPSA) is 118 Å². The smallest absolute Gasteiger partial charge is 0.258 e. The van der Waals surface area contributed by atoms with E-state index >= 15 is 0 Å². The fraction of sp³-hybridized carbons (Fsp3) is 0.200. The van der Waals surface area contributed by atoms with Gasteiger partial charge in [0.2, 0.25) is 5.91 Å². The minimum atomic E-state index is -0.505. The first kappa shape index (κ1) is 19.4. The molecular formula is C20H18FN7O2. The van der Waals surface area contributed by atoms with E-state index in [0.29, 0.717) is 41.1 Å². The van der Waals surface area contributed by atoms with E-state index < -0.39 is 5.82 Å². The van der Waals surface area contributed by atoms with E-state index in [-0.39, 0.29) is 23.6 Å². The standard InChI is InChI=1S/C20H18FN7O2/c1-12-25-26-27-28(12)17-11-13(9-10-15(17)21)22-19(29)8-4-7-18-23-16-6-3-2-5-14(16)20(30)24-18/h2-3,5-6,9-11H,4,7-8H2,1H3,(H,22,29)(H,23,24,30). The Labute approximate surface area is 170 Å². The molecule has 9 nitrogen and oxygen atoms in total. The molecule has 30 heavy (non-hydrogen) atoms. The number of aryl methyl sites for hydroxylation is 2. The minimum absolute atomic E-state index is 0.147. The Morgan fingerprint density at radius 1 is 1.23 bits per heavy atom. The third kappa shape index (κ3) is 4.07. The van der Waals surface area contributed by atoms with E-state index in [2.05, 4.69) is 30.8 Å². The molecule has 4 aromatic rings. The number of benzene rings is 2. The first-order valence-electron chi connectivity index (χ1n) is 9.34. The van der Waals surface area contributed by atoms with Crippen molar-refractivity contribution < 1.29 is 9.18 Å². The van der Waals surface area contributed by atoms with Crippen molar-refractivity contribution in [3.8, 4) is 5.69 Å². The van der Waals surface area contributed by atoms with Gasteiger partial charge in [-0.1, -0.05) is 12.1 Å². The van der Waals surface area contributed by atoms with Gasteiger partial charge in [-0.2, -0.15) is 4.68 Å². The molecule has 2 aromatic heterocycles. The Hall–Kier alpha value is -3.95. The van der Waals surface area contributed by atoms with Gasteiger partial charge in [0.15, 0.2) is 5.82 Å². The van der Waals surface area contributed by atoms with Crippen LogP contribution in [0, 0.1) is 12.7 Å². The highest BCUT2D eigenvalue weighted by molar-refractivity contribution is 5.91. The Morgan fingerprint density at radius 2 is 2.07 bits per heavy atom. The molecule has 0 unspecified atom stereocenters. The summed E-state index contributed by atoms with van der Waals surface area (Å²) in [5.41, 5.74) is 1.01. The molecule has 0 radical (unpaired) electrons. The second-order valence-electron chi connectivity index (χ2n) is 6.74. The summed E-state index contributed by atoms with van der Waals surface area (Å²) in [5.74, 6) is 0.220. The van der Waals surface area contributed by atoms with Crippen LogP contribution < -0.4 is 10.9 Å². The SMILES string of the molecule is Cc1nnnn1-c1cc(NC(=O)CCCc2nc3ccccc3c(=O)[nH]2)ccc1F. The molecule has 0 spiro atoms. The Bertz CT molecular complexity index is 1280. The molecule has 0 saturated heterocycles. The van der Waals surface area contributed by atoms with Crippen LogP contribution in [-0.4, -0.2) is 36.1 Å². The summed E-state index contributed by atoms with van der Waals surface area (Å²) in [7, 11) is 0. The van der Waals surface area contributed by atoms with Crippen molar-refractivity contribution in [2.45, 2.75) is 26.2 Å². The maximum absolute atomic E-state index is 14.1. The summed E-state index contributed by atoms with van der Waals surface area (Å²) in [5, 5.41) is 14.3. The van der Waals surface area contributed by atoms with Crippen LogP contribution in [0.25, 0.3) is 16.6 Å². The van der Waals surface area contributed by atoms with Gasteiger partial charge in [-0.25, -0.2) is 9.37 Å². The number of H-pyrrole nitrogens is 1. The molecule has 0 atom stereocenters. The van der Waals surface area contributed by atoms with Crippen LogP contribution in [0.2, 0.25) is 0 Å². The Kier molecular flexibility index (Phi) is 5.29. The molecule has 0 aliphatic rings. The number of para-hydroxylation sites is 1. The number of hydrogen-bond donors (Lipinski definition) is 2. The van der Waals surface area contributed by atoms with Crippen molar-refractivity contribution in [1.82, 2.24) is 30.2 Å². The van der Waals surface area contributed by atoms with E-state index in [1.54, 1.807) is 25.1 Å². The van der Waals surface area contributed by atoms with E-state index in [0.717, 1.165) is 0 Å². The lowest BCUT2D eigenvalue weighted by atomic mass is 10.2. The number of carbonyl (C=O) groups excluding carboxylic acids is 1.